The first-order chi connectivity index (χ1) is 9.38. The molecule has 0 saturated heterocycles. The van der Waals surface area contributed by atoms with Gasteiger partial charge in [-0.1, -0.05) is 31.7 Å². The Bertz CT molecular complexity index is 375. The van der Waals surface area contributed by atoms with Crippen LogP contribution in [-0.4, -0.2) is 11.1 Å². The third-order valence-electron chi connectivity index (χ3n) is 5.65. The van der Waals surface area contributed by atoms with E-state index in [1.165, 1.54) is 63.2 Å². The minimum atomic E-state index is 0.346. The van der Waals surface area contributed by atoms with Crippen molar-refractivity contribution in [1.82, 2.24) is 4.98 Å². The van der Waals surface area contributed by atoms with Gasteiger partial charge in [0.25, 0.3) is 0 Å². The minimum Gasteiger partial charge on any atom is -0.261 e. The fourth-order valence-corrected chi connectivity index (χ4v) is 5.59. The maximum absolute atomic E-state index is 4.80. The van der Waals surface area contributed by atoms with E-state index in [9.17, 15) is 0 Å². The van der Waals surface area contributed by atoms with Crippen LogP contribution in [0.1, 0.15) is 57.1 Å². The molecule has 1 aromatic heterocycles. The molecule has 2 fully saturated rings. The molecule has 3 rings (SSSR count). The molecule has 1 aromatic rings. The second kappa shape index (κ2) is 5.92. The molecule has 0 amide bonds. The fraction of sp³-hybridized carbons (Fsp3) is 0.706. The summed E-state index contributed by atoms with van der Waals surface area (Å²) < 4.78 is 0. The highest BCUT2D eigenvalue weighted by molar-refractivity contribution is 7.16. The Kier molecular flexibility index (Phi) is 4.22. The van der Waals surface area contributed by atoms with Gasteiger partial charge in [-0.2, -0.15) is 0 Å². The largest absolute Gasteiger partial charge is 0.261 e. The van der Waals surface area contributed by atoms with Crippen molar-refractivity contribution in [3.63, 3.8) is 0 Å². The summed E-state index contributed by atoms with van der Waals surface area (Å²) in [5.41, 5.74) is 1.72. The van der Waals surface area contributed by atoms with Gasteiger partial charge < -0.3 is 0 Å². The second-order valence-electron chi connectivity index (χ2n) is 6.42. The van der Waals surface area contributed by atoms with Crippen LogP contribution in [0.15, 0.2) is 24.4 Å². The van der Waals surface area contributed by atoms with Crippen LogP contribution in [0, 0.1) is 11.8 Å². The molecular weight excluding hydrogens is 249 g/mol. The zero-order chi connectivity index (χ0) is 13.1. The Morgan fingerprint density at radius 2 is 1.58 bits per heavy atom. The topological polar surface area (TPSA) is 12.9 Å². The molecule has 0 aromatic carbocycles. The average molecular weight is 275 g/mol. The molecule has 2 saturated carbocycles. The molecule has 19 heavy (non-hydrogen) atoms. The predicted molar refractivity (Wildman–Crippen MR) is 84.4 cm³/mol. The van der Waals surface area contributed by atoms with Crippen molar-refractivity contribution in [3.05, 3.63) is 30.1 Å². The van der Waals surface area contributed by atoms with E-state index in [-0.39, 0.29) is 0 Å². The van der Waals surface area contributed by atoms with Crippen LogP contribution in [0.25, 0.3) is 0 Å². The van der Waals surface area contributed by atoms with Gasteiger partial charge in [0.1, 0.15) is 0 Å². The Hall–Kier alpha value is -0.420. The van der Waals surface area contributed by atoms with Crippen molar-refractivity contribution < 1.29 is 0 Å². The summed E-state index contributed by atoms with van der Waals surface area (Å²) in [5, 5.41) is 0. The summed E-state index contributed by atoms with van der Waals surface area (Å²) in [5.74, 6) is 1.73. The SMILES string of the molecule is PCC(c1ccccn1)(C1CCCC1)C1CCCC1. The van der Waals surface area contributed by atoms with Crippen molar-refractivity contribution in [3.8, 4) is 0 Å². The van der Waals surface area contributed by atoms with E-state index < -0.39 is 0 Å². The van der Waals surface area contributed by atoms with Crippen LogP contribution in [0.4, 0.5) is 0 Å². The lowest BCUT2D eigenvalue weighted by Gasteiger charge is -2.43. The molecule has 0 N–H and O–H groups in total. The summed E-state index contributed by atoms with van der Waals surface area (Å²) in [4.78, 5) is 4.80. The summed E-state index contributed by atoms with van der Waals surface area (Å²) in [6, 6.07) is 6.53. The number of nitrogens with zero attached hydrogens (tertiary/aromatic N) is 1. The van der Waals surface area contributed by atoms with Gasteiger partial charge in [0.15, 0.2) is 0 Å². The van der Waals surface area contributed by atoms with E-state index in [1.54, 1.807) is 0 Å². The number of hydrogen-bond donors (Lipinski definition) is 0. The maximum atomic E-state index is 4.80. The standard InChI is InChI=1S/C17H26NP/c19-13-17(14-7-1-2-8-14,15-9-3-4-10-15)16-11-5-6-12-18-16/h5-6,11-12,14-15H,1-4,7-10,13,19H2. The number of pyridine rings is 1. The van der Waals surface area contributed by atoms with E-state index in [1.807, 2.05) is 6.20 Å². The van der Waals surface area contributed by atoms with Crippen LogP contribution in [0.3, 0.4) is 0 Å². The van der Waals surface area contributed by atoms with Crippen LogP contribution in [0.5, 0.6) is 0 Å². The molecule has 1 atom stereocenters. The third kappa shape index (κ3) is 2.35. The van der Waals surface area contributed by atoms with Crippen LogP contribution < -0.4 is 0 Å². The first kappa shape index (κ1) is 13.6. The monoisotopic (exact) mass is 275 g/mol. The van der Waals surface area contributed by atoms with Crippen molar-refractivity contribution in [2.24, 2.45) is 11.8 Å². The molecule has 104 valence electrons. The van der Waals surface area contributed by atoms with Crippen molar-refractivity contribution in [2.45, 2.75) is 56.8 Å². The summed E-state index contributed by atoms with van der Waals surface area (Å²) in [6.45, 7) is 0. The lowest BCUT2D eigenvalue weighted by atomic mass is 9.64. The highest BCUT2D eigenvalue weighted by Gasteiger charge is 2.47. The van der Waals surface area contributed by atoms with Crippen LogP contribution in [0.2, 0.25) is 0 Å². The molecular formula is C17H26NP. The van der Waals surface area contributed by atoms with Crippen LogP contribution >= 0.6 is 9.24 Å². The van der Waals surface area contributed by atoms with Gasteiger partial charge in [-0.15, -0.1) is 9.24 Å². The van der Waals surface area contributed by atoms with Crippen molar-refractivity contribution >= 4 is 9.24 Å². The van der Waals surface area contributed by atoms with E-state index in [0.29, 0.717) is 5.41 Å². The Morgan fingerprint density at radius 1 is 1.00 bits per heavy atom. The van der Waals surface area contributed by atoms with Crippen molar-refractivity contribution in [2.75, 3.05) is 6.16 Å². The Morgan fingerprint density at radius 3 is 2.00 bits per heavy atom. The molecule has 2 aliphatic carbocycles. The van der Waals surface area contributed by atoms with E-state index in [4.69, 9.17) is 4.98 Å². The molecule has 2 heteroatoms. The van der Waals surface area contributed by atoms with Crippen LogP contribution in [-0.2, 0) is 5.41 Å². The number of aromatic nitrogens is 1. The fourth-order valence-electron chi connectivity index (χ4n) is 4.71. The molecule has 0 spiro atoms. The molecule has 1 heterocycles. The summed E-state index contributed by atoms with van der Waals surface area (Å²) in [6.07, 6.45) is 14.6. The maximum Gasteiger partial charge on any atom is 0.0474 e. The normalized spacial score (nSPS) is 22.2. The molecule has 0 aliphatic heterocycles. The number of hydrogen-bond acceptors (Lipinski definition) is 1. The molecule has 1 unspecified atom stereocenters. The summed E-state index contributed by atoms with van der Waals surface area (Å²) in [7, 11) is 3.07. The summed E-state index contributed by atoms with van der Waals surface area (Å²) >= 11 is 0. The van der Waals surface area contributed by atoms with Gasteiger partial charge in [0.2, 0.25) is 0 Å². The van der Waals surface area contributed by atoms with E-state index >= 15 is 0 Å². The lowest BCUT2D eigenvalue weighted by Crippen LogP contribution is -2.43. The molecule has 0 radical (unpaired) electrons. The average Bonchev–Trinajstić information content (AvgIpc) is 3.15. The van der Waals surface area contributed by atoms with Gasteiger partial charge >= 0.3 is 0 Å². The second-order valence-corrected chi connectivity index (χ2v) is 6.83. The Balaban J connectivity index is 2.01. The highest BCUT2D eigenvalue weighted by atomic mass is 31.0. The van der Waals surface area contributed by atoms with Crippen molar-refractivity contribution in [1.29, 1.82) is 0 Å². The first-order valence-corrected chi connectivity index (χ1v) is 8.81. The van der Waals surface area contributed by atoms with Gasteiger partial charge in [0.05, 0.1) is 0 Å². The van der Waals surface area contributed by atoms with Gasteiger partial charge in [0, 0.05) is 17.3 Å². The van der Waals surface area contributed by atoms with E-state index in [2.05, 4.69) is 27.4 Å². The minimum absolute atomic E-state index is 0.346. The molecule has 2 aliphatic rings. The van der Waals surface area contributed by atoms with Gasteiger partial charge in [-0.05, 0) is 55.8 Å². The van der Waals surface area contributed by atoms with Gasteiger partial charge in [-0.25, -0.2) is 0 Å². The smallest absolute Gasteiger partial charge is 0.0474 e. The third-order valence-corrected chi connectivity index (χ3v) is 6.32. The quantitative estimate of drug-likeness (QED) is 0.733. The van der Waals surface area contributed by atoms with Gasteiger partial charge in [-0.3, -0.25) is 4.98 Å². The number of rotatable bonds is 4. The zero-order valence-electron chi connectivity index (χ0n) is 11.9. The lowest BCUT2D eigenvalue weighted by molar-refractivity contribution is 0.192. The highest BCUT2D eigenvalue weighted by Crippen LogP contribution is 2.52. The first-order valence-electron chi connectivity index (χ1n) is 7.99. The Labute approximate surface area is 119 Å². The predicted octanol–water partition coefficient (Wildman–Crippen LogP) is 4.57. The zero-order valence-corrected chi connectivity index (χ0v) is 13.0. The molecule has 1 nitrogen and oxygen atoms in total. The van der Waals surface area contributed by atoms with E-state index in [0.717, 1.165) is 11.8 Å². The molecule has 0 bridgehead atoms.